The molecule has 0 saturated heterocycles. The number of carboxylic acids is 1. The average Bonchev–Trinajstić information content (AvgIpc) is 2.78. The minimum Gasteiger partial charge on any atom is -0.481 e. The number of hydrogen-bond acceptors (Lipinski definition) is 4. The highest BCUT2D eigenvalue weighted by molar-refractivity contribution is 7.12. The molecule has 106 valence electrons. The van der Waals surface area contributed by atoms with Crippen molar-refractivity contribution >= 4 is 17.3 Å². The van der Waals surface area contributed by atoms with Crippen LogP contribution < -0.4 is 5.32 Å². The summed E-state index contributed by atoms with van der Waals surface area (Å²) >= 11 is 1.54. The van der Waals surface area contributed by atoms with E-state index in [4.69, 9.17) is 5.11 Å². The van der Waals surface area contributed by atoms with Crippen LogP contribution in [0.25, 0.3) is 0 Å². The molecule has 2 rings (SSSR count). The summed E-state index contributed by atoms with van der Waals surface area (Å²) in [4.78, 5) is 12.6. The number of rotatable bonds is 6. The lowest BCUT2D eigenvalue weighted by molar-refractivity contribution is -0.136. The molecule has 1 fully saturated rings. The first-order chi connectivity index (χ1) is 9.15. The van der Waals surface area contributed by atoms with Crippen molar-refractivity contribution < 1.29 is 15.0 Å². The molecule has 1 aliphatic carbocycles. The van der Waals surface area contributed by atoms with Gasteiger partial charge in [0.05, 0.1) is 12.5 Å². The second kappa shape index (κ2) is 7.03. The maximum absolute atomic E-state index is 10.6. The minimum absolute atomic E-state index is 0.103. The zero-order valence-corrected chi connectivity index (χ0v) is 11.8. The summed E-state index contributed by atoms with van der Waals surface area (Å²) < 4.78 is 0. The number of carboxylic acid groups (broad SMARTS) is 1. The number of aliphatic hydroxyl groups excluding tert-OH is 1. The Bertz CT molecular complexity index is 419. The number of aliphatic hydroxyl groups is 1. The molecule has 0 amide bonds. The number of aliphatic carboxylic acids is 1. The van der Waals surface area contributed by atoms with E-state index in [0.29, 0.717) is 5.92 Å². The van der Waals surface area contributed by atoms with E-state index in [9.17, 15) is 9.90 Å². The predicted molar refractivity (Wildman–Crippen MR) is 75.3 cm³/mol. The largest absolute Gasteiger partial charge is 0.481 e. The standard InChI is InChI=1S/C14H21NO3S/c16-13-4-2-1-3-10(13)8-15-9-12-6-5-11(19-12)7-14(17)18/h5-6,10,13,15-16H,1-4,7-9H2,(H,17,18). The highest BCUT2D eigenvalue weighted by Crippen LogP contribution is 2.24. The van der Waals surface area contributed by atoms with Gasteiger partial charge in [0.1, 0.15) is 0 Å². The maximum Gasteiger partial charge on any atom is 0.308 e. The van der Waals surface area contributed by atoms with E-state index in [0.717, 1.165) is 42.1 Å². The first-order valence-corrected chi connectivity index (χ1v) is 7.65. The summed E-state index contributed by atoms with van der Waals surface area (Å²) in [7, 11) is 0. The van der Waals surface area contributed by atoms with Crippen LogP contribution >= 0.6 is 11.3 Å². The van der Waals surface area contributed by atoms with E-state index in [1.165, 1.54) is 6.42 Å². The first kappa shape index (κ1) is 14.5. The number of hydrogen-bond donors (Lipinski definition) is 3. The first-order valence-electron chi connectivity index (χ1n) is 6.83. The number of thiophene rings is 1. The van der Waals surface area contributed by atoms with Crippen molar-refractivity contribution in [2.24, 2.45) is 5.92 Å². The Kier molecular flexibility index (Phi) is 5.36. The fourth-order valence-corrected chi connectivity index (χ4v) is 3.55. The molecular formula is C14H21NO3S. The number of carbonyl (C=O) groups is 1. The molecule has 1 saturated carbocycles. The molecule has 3 N–H and O–H groups in total. The van der Waals surface area contributed by atoms with Gasteiger partial charge in [-0.05, 0) is 30.9 Å². The summed E-state index contributed by atoms with van der Waals surface area (Å²) in [5, 5.41) is 22.0. The SMILES string of the molecule is O=C(O)Cc1ccc(CNCC2CCCCC2O)s1. The predicted octanol–water partition coefficient (Wildman–Crippen LogP) is 2.02. The fraction of sp³-hybridized carbons (Fsp3) is 0.643. The van der Waals surface area contributed by atoms with Crippen LogP contribution in [0.3, 0.4) is 0 Å². The van der Waals surface area contributed by atoms with Gasteiger partial charge in [-0.1, -0.05) is 12.8 Å². The van der Waals surface area contributed by atoms with Gasteiger partial charge in [0.2, 0.25) is 0 Å². The van der Waals surface area contributed by atoms with E-state index in [2.05, 4.69) is 5.32 Å². The van der Waals surface area contributed by atoms with Crippen molar-refractivity contribution in [1.82, 2.24) is 5.32 Å². The average molecular weight is 283 g/mol. The van der Waals surface area contributed by atoms with E-state index >= 15 is 0 Å². The Morgan fingerprint density at radius 2 is 2.05 bits per heavy atom. The molecule has 1 aromatic rings. The van der Waals surface area contributed by atoms with Crippen LogP contribution in [0.4, 0.5) is 0 Å². The van der Waals surface area contributed by atoms with Crippen LogP contribution in [0.5, 0.6) is 0 Å². The van der Waals surface area contributed by atoms with E-state index in [-0.39, 0.29) is 12.5 Å². The highest BCUT2D eigenvalue weighted by Gasteiger charge is 2.22. The maximum atomic E-state index is 10.6. The molecule has 5 heteroatoms. The molecule has 0 aliphatic heterocycles. The van der Waals surface area contributed by atoms with Crippen molar-refractivity contribution in [2.75, 3.05) is 6.54 Å². The monoisotopic (exact) mass is 283 g/mol. The second-order valence-electron chi connectivity index (χ2n) is 5.18. The fourth-order valence-electron chi connectivity index (χ4n) is 2.57. The highest BCUT2D eigenvalue weighted by atomic mass is 32.1. The zero-order chi connectivity index (χ0) is 13.7. The molecule has 4 nitrogen and oxygen atoms in total. The van der Waals surface area contributed by atoms with Crippen molar-refractivity contribution in [3.8, 4) is 0 Å². The van der Waals surface area contributed by atoms with Gasteiger partial charge in [0.25, 0.3) is 0 Å². The summed E-state index contributed by atoms with van der Waals surface area (Å²) in [5.41, 5.74) is 0. The minimum atomic E-state index is -0.785. The van der Waals surface area contributed by atoms with Gasteiger partial charge in [-0.2, -0.15) is 0 Å². The lowest BCUT2D eigenvalue weighted by Crippen LogP contribution is -2.33. The molecule has 0 aromatic carbocycles. The number of nitrogens with one attached hydrogen (secondary N) is 1. The summed E-state index contributed by atoms with van der Waals surface area (Å²) in [6.07, 6.45) is 4.32. The molecule has 0 spiro atoms. The third-order valence-electron chi connectivity index (χ3n) is 3.62. The summed E-state index contributed by atoms with van der Waals surface area (Å²) in [6.45, 7) is 1.60. The van der Waals surface area contributed by atoms with Gasteiger partial charge in [-0.25, -0.2) is 0 Å². The van der Waals surface area contributed by atoms with Crippen LogP contribution in [-0.2, 0) is 17.8 Å². The molecule has 0 bridgehead atoms. The molecule has 2 unspecified atom stereocenters. The molecule has 1 aromatic heterocycles. The van der Waals surface area contributed by atoms with Crippen molar-refractivity contribution in [2.45, 2.75) is 44.8 Å². The Morgan fingerprint density at radius 1 is 1.32 bits per heavy atom. The quantitative estimate of drug-likeness (QED) is 0.747. The van der Waals surface area contributed by atoms with Gasteiger partial charge in [-0.15, -0.1) is 11.3 Å². The van der Waals surface area contributed by atoms with Crippen molar-refractivity contribution in [3.63, 3.8) is 0 Å². The molecule has 1 heterocycles. The van der Waals surface area contributed by atoms with Crippen molar-refractivity contribution in [1.29, 1.82) is 0 Å². The van der Waals surface area contributed by atoms with Gasteiger partial charge in [-0.3, -0.25) is 4.79 Å². The van der Waals surface area contributed by atoms with Gasteiger partial charge in [0.15, 0.2) is 0 Å². The third kappa shape index (κ3) is 4.60. The van der Waals surface area contributed by atoms with Crippen LogP contribution in [0, 0.1) is 5.92 Å². The van der Waals surface area contributed by atoms with Crippen LogP contribution in [-0.4, -0.2) is 28.8 Å². The van der Waals surface area contributed by atoms with Crippen LogP contribution in [0.2, 0.25) is 0 Å². The van der Waals surface area contributed by atoms with Crippen molar-refractivity contribution in [3.05, 3.63) is 21.9 Å². The molecule has 0 radical (unpaired) electrons. The lowest BCUT2D eigenvalue weighted by Gasteiger charge is -2.27. The van der Waals surface area contributed by atoms with Gasteiger partial charge < -0.3 is 15.5 Å². The summed E-state index contributed by atoms with van der Waals surface area (Å²) in [5.74, 6) is -0.418. The van der Waals surface area contributed by atoms with E-state index in [1.807, 2.05) is 12.1 Å². The van der Waals surface area contributed by atoms with Gasteiger partial charge >= 0.3 is 5.97 Å². The second-order valence-corrected chi connectivity index (χ2v) is 6.43. The topological polar surface area (TPSA) is 69.6 Å². The van der Waals surface area contributed by atoms with Crippen LogP contribution in [0.15, 0.2) is 12.1 Å². The Morgan fingerprint density at radius 3 is 2.79 bits per heavy atom. The Labute approximate surface area is 117 Å². The molecule has 1 aliphatic rings. The third-order valence-corrected chi connectivity index (χ3v) is 4.70. The smallest absolute Gasteiger partial charge is 0.308 e. The normalized spacial score (nSPS) is 23.4. The molecule has 2 atom stereocenters. The Balaban J connectivity index is 1.73. The van der Waals surface area contributed by atoms with E-state index < -0.39 is 5.97 Å². The van der Waals surface area contributed by atoms with Gasteiger partial charge in [0, 0.05) is 22.8 Å². The summed E-state index contributed by atoms with van der Waals surface area (Å²) in [6, 6.07) is 3.86. The molecular weight excluding hydrogens is 262 g/mol. The Hall–Kier alpha value is -0.910. The zero-order valence-electron chi connectivity index (χ0n) is 11.0. The lowest BCUT2D eigenvalue weighted by atomic mass is 9.86. The van der Waals surface area contributed by atoms with E-state index in [1.54, 1.807) is 11.3 Å². The molecule has 19 heavy (non-hydrogen) atoms. The van der Waals surface area contributed by atoms with Crippen LogP contribution in [0.1, 0.15) is 35.4 Å².